The van der Waals surface area contributed by atoms with Gasteiger partial charge in [0.2, 0.25) is 0 Å². The van der Waals surface area contributed by atoms with E-state index in [4.69, 9.17) is 27.9 Å². The molecule has 1 atom stereocenters. The minimum Gasteiger partial charge on any atom is -0.461 e. The van der Waals surface area contributed by atoms with E-state index in [1.807, 2.05) is 12.1 Å². The molecular weight excluding hydrogens is 327 g/mol. The lowest BCUT2D eigenvalue weighted by Gasteiger charge is -2.25. The van der Waals surface area contributed by atoms with Crippen LogP contribution in [0.1, 0.15) is 18.4 Å². The van der Waals surface area contributed by atoms with E-state index in [2.05, 4.69) is 15.9 Å². The molecule has 2 nitrogen and oxygen atoms in total. The Morgan fingerprint density at radius 1 is 1.41 bits per heavy atom. The molecule has 0 N–H and O–H groups in total. The number of hydrogen-bond acceptors (Lipinski definition) is 2. The number of hydrogen-bond donors (Lipinski definition) is 0. The molecule has 1 aliphatic heterocycles. The minimum absolute atomic E-state index is 0.0575. The van der Waals surface area contributed by atoms with Gasteiger partial charge in [-0.3, -0.25) is 4.79 Å². The molecule has 0 aromatic heterocycles. The summed E-state index contributed by atoms with van der Waals surface area (Å²) >= 11 is 15.4. The van der Waals surface area contributed by atoms with Gasteiger partial charge in [0, 0.05) is 15.9 Å². The van der Waals surface area contributed by atoms with Crippen molar-refractivity contribution in [1.82, 2.24) is 0 Å². The van der Waals surface area contributed by atoms with Crippen molar-refractivity contribution in [2.24, 2.45) is 0 Å². The van der Waals surface area contributed by atoms with Crippen molar-refractivity contribution in [2.45, 2.75) is 18.9 Å². The third kappa shape index (κ3) is 3.24. The first-order valence-corrected chi connectivity index (χ1v) is 6.60. The summed E-state index contributed by atoms with van der Waals surface area (Å²) in [7, 11) is 0. The Kier molecular flexibility index (Phi) is 4.13. The third-order valence-corrected chi connectivity index (χ3v) is 4.08. The first-order chi connectivity index (χ1) is 8.06. The van der Waals surface area contributed by atoms with Gasteiger partial charge < -0.3 is 4.74 Å². The zero-order valence-corrected chi connectivity index (χ0v) is 11.8. The molecule has 5 heteroatoms. The van der Waals surface area contributed by atoms with Crippen molar-refractivity contribution in [3.63, 3.8) is 0 Å². The fraction of sp³-hybridized carbons (Fsp3) is 0.250. The highest BCUT2D eigenvalue weighted by Gasteiger charge is 2.29. The van der Waals surface area contributed by atoms with Crippen molar-refractivity contribution in [3.8, 4) is 0 Å². The summed E-state index contributed by atoms with van der Waals surface area (Å²) in [5.41, 5.74) is 0.883. The van der Waals surface area contributed by atoms with Crippen LogP contribution < -0.4 is 0 Å². The van der Waals surface area contributed by atoms with Crippen LogP contribution >= 0.6 is 39.1 Å². The molecule has 90 valence electrons. The standard InChI is InChI=1S/C12H9BrCl2O2/c13-10(5-9-6-11(16)17-9)12(15)7-1-3-8(14)4-2-7/h1-4,9H,5-6H2/b12-10-/t9-/m1/s1. The summed E-state index contributed by atoms with van der Waals surface area (Å²) in [5.74, 6) is -0.155. The lowest BCUT2D eigenvalue weighted by molar-refractivity contribution is -0.168. The summed E-state index contributed by atoms with van der Waals surface area (Å²) < 4.78 is 5.76. The topological polar surface area (TPSA) is 26.3 Å². The molecule has 0 amide bonds. The van der Waals surface area contributed by atoms with Crippen molar-refractivity contribution in [3.05, 3.63) is 39.3 Å². The van der Waals surface area contributed by atoms with Crippen molar-refractivity contribution in [2.75, 3.05) is 0 Å². The second-order valence-electron chi connectivity index (χ2n) is 3.75. The van der Waals surface area contributed by atoms with Gasteiger partial charge in [-0.15, -0.1) is 0 Å². The van der Waals surface area contributed by atoms with Crippen molar-refractivity contribution < 1.29 is 9.53 Å². The average molecular weight is 336 g/mol. The number of ether oxygens (including phenoxy) is 1. The van der Waals surface area contributed by atoms with Crippen LogP contribution in [-0.4, -0.2) is 12.1 Å². The van der Waals surface area contributed by atoms with Crippen molar-refractivity contribution in [1.29, 1.82) is 0 Å². The third-order valence-electron chi connectivity index (χ3n) is 2.44. The van der Waals surface area contributed by atoms with E-state index in [9.17, 15) is 4.79 Å². The first-order valence-electron chi connectivity index (χ1n) is 5.06. The maximum Gasteiger partial charge on any atom is 0.309 e. The Bertz CT molecular complexity index is 460. The van der Waals surface area contributed by atoms with Gasteiger partial charge in [0.15, 0.2) is 0 Å². The molecule has 0 unspecified atom stereocenters. The monoisotopic (exact) mass is 334 g/mol. The number of halogens is 3. The van der Waals surface area contributed by atoms with Crippen LogP contribution in [0.5, 0.6) is 0 Å². The summed E-state index contributed by atoms with van der Waals surface area (Å²) in [5, 5.41) is 1.28. The average Bonchev–Trinajstić information content (AvgIpc) is 2.27. The van der Waals surface area contributed by atoms with Gasteiger partial charge in [-0.05, 0) is 17.7 Å². The highest BCUT2D eigenvalue weighted by atomic mass is 79.9. The van der Waals surface area contributed by atoms with Gasteiger partial charge in [0.25, 0.3) is 0 Å². The largest absolute Gasteiger partial charge is 0.461 e. The van der Waals surface area contributed by atoms with E-state index in [1.165, 1.54) is 0 Å². The van der Waals surface area contributed by atoms with Gasteiger partial charge in [0.05, 0.1) is 11.5 Å². The lowest BCUT2D eigenvalue weighted by Crippen LogP contribution is -2.32. The van der Waals surface area contributed by atoms with Crippen LogP contribution in [0.25, 0.3) is 5.03 Å². The molecule has 2 rings (SSSR count). The second kappa shape index (κ2) is 5.42. The summed E-state index contributed by atoms with van der Waals surface area (Å²) in [6.07, 6.45) is 1.01. The number of rotatable bonds is 3. The summed E-state index contributed by atoms with van der Waals surface area (Å²) in [4.78, 5) is 10.7. The summed E-state index contributed by atoms with van der Waals surface area (Å²) in [6, 6.07) is 7.25. The van der Waals surface area contributed by atoms with Crippen LogP contribution in [0.4, 0.5) is 0 Å². The second-order valence-corrected chi connectivity index (χ2v) is 5.52. The van der Waals surface area contributed by atoms with E-state index in [1.54, 1.807) is 12.1 Å². The number of benzene rings is 1. The SMILES string of the molecule is O=C1C[C@@H](C/C(Br)=C(/Cl)c2ccc(Cl)cc2)O1. The van der Waals surface area contributed by atoms with Gasteiger partial charge in [-0.1, -0.05) is 51.3 Å². The van der Waals surface area contributed by atoms with E-state index in [0.717, 1.165) is 10.0 Å². The number of esters is 1. The molecule has 0 bridgehead atoms. The predicted octanol–water partition coefficient (Wildman–Crippen LogP) is 4.35. The lowest BCUT2D eigenvalue weighted by atomic mass is 10.1. The van der Waals surface area contributed by atoms with Gasteiger partial charge >= 0.3 is 5.97 Å². The highest BCUT2D eigenvalue weighted by Crippen LogP contribution is 2.33. The molecule has 1 aromatic carbocycles. The Hall–Kier alpha value is -0.510. The van der Waals surface area contributed by atoms with E-state index in [-0.39, 0.29) is 12.1 Å². The van der Waals surface area contributed by atoms with Crippen LogP contribution in [0.2, 0.25) is 5.02 Å². The molecule has 0 spiro atoms. The van der Waals surface area contributed by atoms with Gasteiger partial charge in [0.1, 0.15) is 6.10 Å². The van der Waals surface area contributed by atoms with Crippen LogP contribution in [0.15, 0.2) is 28.7 Å². The molecule has 1 fully saturated rings. The normalized spacial score (nSPS) is 20.4. The fourth-order valence-electron chi connectivity index (χ4n) is 1.52. The van der Waals surface area contributed by atoms with E-state index >= 15 is 0 Å². The van der Waals surface area contributed by atoms with E-state index in [0.29, 0.717) is 22.9 Å². The number of carbonyl (C=O) groups excluding carboxylic acids is 1. The Morgan fingerprint density at radius 3 is 2.53 bits per heavy atom. The first kappa shape index (κ1) is 12.9. The van der Waals surface area contributed by atoms with Crippen LogP contribution in [0.3, 0.4) is 0 Å². The number of carbonyl (C=O) groups is 1. The van der Waals surface area contributed by atoms with Gasteiger partial charge in [-0.2, -0.15) is 0 Å². The summed E-state index contributed by atoms with van der Waals surface area (Å²) in [6.45, 7) is 0. The smallest absolute Gasteiger partial charge is 0.309 e. The molecule has 17 heavy (non-hydrogen) atoms. The molecule has 0 aliphatic carbocycles. The Balaban J connectivity index is 2.08. The molecule has 0 radical (unpaired) electrons. The molecule has 1 saturated heterocycles. The number of cyclic esters (lactones) is 1. The Labute approximate surface area is 118 Å². The van der Waals surface area contributed by atoms with Crippen LogP contribution in [-0.2, 0) is 9.53 Å². The van der Waals surface area contributed by atoms with Crippen LogP contribution in [0, 0.1) is 0 Å². The zero-order valence-electron chi connectivity index (χ0n) is 8.75. The van der Waals surface area contributed by atoms with Crippen molar-refractivity contribution >= 4 is 50.1 Å². The molecule has 0 saturated carbocycles. The zero-order chi connectivity index (χ0) is 12.4. The quantitative estimate of drug-likeness (QED) is 0.768. The molecular formula is C12H9BrCl2O2. The molecule has 1 heterocycles. The molecule has 1 aliphatic rings. The maximum atomic E-state index is 10.7. The van der Waals surface area contributed by atoms with Gasteiger partial charge in [-0.25, -0.2) is 0 Å². The van der Waals surface area contributed by atoms with E-state index < -0.39 is 0 Å². The Morgan fingerprint density at radius 2 is 2.00 bits per heavy atom. The predicted molar refractivity (Wildman–Crippen MR) is 72.3 cm³/mol. The minimum atomic E-state index is -0.155. The fourth-order valence-corrected chi connectivity index (χ4v) is 2.44. The highest BCUT2D eigenvalue weighted by molar-refractivity contribution is 9.11. The molecule has 1 aromatic rings. The maximum absolute atomic E-state index is 10.7.